The van der Waals surface area contributed by atoms with Crippen molar-refractivity contribution < 1.29 is 19.1 Å². The van der Waals surface area contributed by atoms with Crippen molar-refractivity contribution in [2.24, 2.45) is 0 Å². The molecule has 3 rings (SSSR count). The lowest BCUT2D eigenvalue weighted by Crippen LogP contribution is -2.56. The van der Waals surface area contributed by atoms with Crippen LogP contribution in [0.5, 0.6) is 0 Å². The van der Waals surface area contributed by atoms with E-state index in [1.165, 1.54) is 24.5 Å². The molecule has 2 atom stereocenters. The molecular weight excluding hydrogens is 526 g/mol. The number of nitrogens with zero attached hydrogens (tertiary/aromatic N) is 1. The van der Waals surface area contributed by atoms with Gasteiger partial charge in [0.15, 0.2) is 0 Å². The van der Waals surface area contributed by atoms with Crippen LogP contribution in [0.1, 0.15) is 69.6 Å². The van der Waals surface area contributed by atoms with Gasteiger partial charge in [0, 0.05) is 42.1 Å². The van der Waals surface area contributed by atoms with Gasteiger partial charge in [0.1, 0.15) is 6.04 Å². The lowest BCUT2D eigenvalue weighted by Gasteiger charge is -2.36. The minimum absolute atomic E-state index is 0.0803. The molecule has 0 heterocycles. The zero-order chi connectivity index (χ0) is 29.2. The number of rotatable bonds is 11. The zero-order valence-corrected chi connectivity index (χ0v) is 25.0. The quantitative estimate of drug-likeness (QED) is 0.327. The van der Waals surface area contributed by atoms with Crippen LogP contribution in [-0.4, -0.2) is 47.9 Å². The maximum Gasteiger partial charge on any atom is 0.250 e. The molecular formula is C32H42ClN3O4. The molecule has 3 amide bonds. The van der Waals surface area contributed by atoms with Crippen molar-refractivity contribution in [3.05, 3.63) is 75.8 Å². The number of aryl methyl sites for hydroxylation is 2. The summed E-state index contributed by atoms with van der Waals surface area (Å²) in [5, 5.41) is 6.46. The first kappa shape index (κ1) is 31.4. The number of carbonyl (C=O) groups excluding carboxylic acids is 3. The van der Waals surface area contributed by atoms with E-state index in [4.69, 9.17) is 16.3 Å². The largest absolute Gasteiger partial charge is 0.379 e. The molecule has 1 fully saturated rings. The van der Waals surface area contributed by atoms with Gasteiger partial charge >= 0.3 is 0 Å². The number of hydrogen-bond donors (Lipinski definition) is 2. The summed E-state index contributed by atoms with van der Waals surface area (Å²) in [6.07, 6.45) is 6.71. The maximum atomic E-state index is 14.0. The molecule has 40 heavy (non-hydrogen) atoms. The third-order valence-corrected chi connectivity index (χ3v) is 7.60. The Kier molecular flexibility index (Phi) is 11.8. The molecule has 0 bridgehead atoms. The Labute approximate surface area is 243 Å². The molecule has 1 saturated carbocycles. The average molecular weight is 568 g/mol. The summed E-state index contributed by atoms with van der Waals surface area (Å²) in [5.41, 5.74) is 3.69. The van der Waals surface area contributed by atoms with E-state index < -0.39 is 24.0 Å². The Bertz CT molecular complexity index is 1200. The van der Waals surface area contributed by atoms with Crippen molar-refractivity contribution in [3.63, 3.8) is 0 Å². The molecule has 2 unspecified atom stereocenters. The summed E-state index contributed by atoms with van der Waals surface area (Å²) in [6.45, 7) is 7.54. The fourth-order valence-electron chi connectivity index (χ4n) is 5.18. The average Bonchev–Trinajstić information content (AvgIpc) is 2.92. The third-order valence-electron chi connectivity index (χ3n) is 7.38. The van der Waals surface area contributed by atoms with E-state index in [1.54, 1.807) is 32.0 Å². The highest BCUT2D eigenvalue weighted by Gasteiger charge is 2.36. The smallest absolute Gasteiger partial charge is 0.250 e. The second kappa shape index (κ2) is 15.0. The normalized spacial score (nSPS) is 15.7. The van der Waals surface area contributed by atoms with E-state index in [9.17, 15) is 14.4 Å². The first-order valence-electron chi connectivity index (χ1n) is 14.1. The minimum atomic E-state index is -0.883. The Morgan fingerprint density at radius 2 is 1.80 bits per heavy atom. The van der Waals surface area contributed by atoms with Gasteiger partial charge in [-0.2, -0.15) is 0 Å². The van der Waals surface area contributed by atoms with Gasteiger partial charge in [-0.25, -0.2) is 0 Å². The van der Waals surface area contributed by atoms with E-state index in [2.05, 4.69) is 17.6 Å². The van der Waals surface area contributed by atoms with E-state index in [0.717, 1.165) is 48.8 Å². The van der Waals surface area contributed by atoms with Crippen LogP contribution in [-0.2, 0) is 32.1 Å². The number of carbonyl (C=O) groups is 3. The molecule has 1 aliphatic rings. The predicted molar refractivity (Wildman–Crippen MR) is 160 cm³/mol. The fourth-order valence-corrected chi connectivity index (χ4v) is 5.47. The standard InChI is InChI=1S/C32H42ClN3O4/c1-6-24-11-10-12-25(18-24)20-36(30(23(4)40-5)31(38)35-27-13-8-7-9-14-27)32(39)22(3)17-29(37)34-28-16-21(2)15-26(33)19-28/h10-12,15-19,23,27,30H,6-9,13-14,20H2,1-5H3,(H,34,37)(H,35,38)/b22-17-. The highest BCUT2D eigenvalue weighted by Crippen LogP contribution is 2.22. The SMILES string of the molecule is CCc1cccc(CN(C(=O)/C(C)=C\C(=O)Nc2cc(C)cc(Cl)c2)C(C(=O)NC2CCCCC2)C(C)OC)c1. The summed E-state index contributed by atoms with van der Waals surface area (Å²) in [4.78, 5) is 42.1. The molecule has 2 N–H and O–H groups in total. The Morgan fingerprint density at radius 3 is 2.45 bits per heavy atom. The predicted octanol–water partition coefficient (Wildman–Crippen LogP) is 5.98. The number of anilines is 1. The van der Waals surface area contributed by atoms with Crippen molar-refractivity contribution in [1.29, 1.82) is 0 Å². The van der Waals surface area contributed by atoms with Crippen LogP contribution < -0.4 is 10.6 Å². The van der Waals surface area contributed by atoms with E-state index in [1.807, 2.05) is 31.2 Å². The highest BCUT2D eigenvalue weighted by atomic mass is 35.5. The Morgan fingerprint density at radius 1 is 1.10 bits per heavy atom. The molecule has 0 saturated heterocycles. The van der Waals surface area contributed by atoms with Gasteiger partial charge in [0.05, 0.1) is 6.10 Å². The minimum Gasteiger partial charge on any atom is -0.379 e. The summed E-state index contributed by atoms with van der Waals surface area (Å²) < 4.78 is 5.63. The maximum absolute atomic E-state index is 14.0. The van der Waals surface area contributed by atoms with Crippen LogP contribution in [0.4, 0.5) is 5.69 Å². The molecule has 7 nitrogen and oxygen atoms in total. The molecule has 2 aromatic rings. The lowest BCUT2D eigenvalue weighted by molar-refractivity contribution is -0.144. The second-order valence-corrected chi connectivity index (χ2v) is 11.1. The summed E-state index contributed by atoms with van der Waals surface area (Å²) in [7, 11) is 1.54. The van der Waals surface area contributed by atoms with Crippen molar-refractivity contribution in [2.45, 2.75) is 91.0 Å². The topological polar surface area (TPSA) is 87.7 Å². The van der Waals surface area contributed by atoms with Gasteiger partial charge in [-0.05, 0) is 74.9 Å². The number of amides is 3. The zero-order valence-electron chi connectivity index (χ0n) is 24.3. The van der Waals surface area contributed by atoms with E-state index >= 15 is 0 Å². The number of hydrogen-bond acceptors (Lipinski definition) is 4. The Balaban J connectivity index is 1.92. The number of halogens is 1. The molecule has 2 aromatic carbocycles. The molecule has 0 radical (unpaired) electrons. The monoisotopic (exact) mass is 567 g/mol. The molecule has 0 aliphatic heterocycles. The number of methoxy groups -OCH3 is 1. The van der Waals surface area contributed by atoms with Crippen molar-refractivity contribution in [2.75, 3.05) is 12.4 Å². The van der Waals surface area contributed by atoms with Crippen LogP contribution in [0.2, 0.25) is 5.02 Å². The highest BCUT2D eigenvalue weighted by molar-refractivity contribution is 6.31. The van der Waals surface area contributed by atoms with E-state index in [0.29, 0.717) is 10.7 Å². The van der Waals surface area contributed by atoms with Crippen LogP contribution in [0, 0.1) is 6.92 Å². The second-order valence-electron chi connectivity index (χ2n) is 10.7. The molecule has 1 aliphatic carbocycles. The van der Waals surface area contributed by atoms with Crippen molar-refractivity contribution in [3.8, 4) is 0 Å². The van der Waals surface area contributed by atoms with Gasteiger partial charge in [-0.3, -0.25) is 14.4 Å². The van der Waals surface area contributed by atoms with Crippen LogP contribution >= 0.6 is 11.6 Å². The van der Waals surface area contributed by atoms with Crippen LogP contribution in [0.15, 0.2) is 54.1 Å². The summed E-state index contributed by atoms with van der Waals surface area (Å²) in [6, 6.07) is 12.4. The fraction of sp³-hybridized carbons (Fsp3) is 0.469. The molecule has 216 valence electrons. The molecule has 0 aromatic heterocycles. The lowest BCUT2D eigenvalue weighted by atomic mass is 9.95. The summed E-state index contributed by atoms with van der Waals surface area (Å²) in [5.74, 6) is -1.11. The van der Waals surface area contributed by atoms with Crippen molar-refractivity contribution in [1.82, 2.24) is 10.2 Å². The van der Waals surface area contributed by atoms with Gasteiger partial charge in [-0.1, -0.05) is 62.1 Å². The van der Waals surface area contributed by atoms with Gasteiger partial charge in [0.2, 0.25) is 11.8 Å². The molecule has 0 spiro atoms. The van der Waals surface area contributed by atoms with Crippen molar-refractivity contribution >= 4 is 35.0 Å². The van der Waals surface area contributed by atoms with E-state index in [-0.39, 0.29) is 24.1 Å². The van der Waals surface area contributed by atoms with Gasteiger partial charge in [0.25, 0.3) is 5.91 Å². The first-order valence-corrected chi connectivity index (χ1v) is 14.5. The number of benzene rings is 2. The molecule has 8 heteroatoms. The first-order chi connectivity index (χ1) is 19.1. The Hall–Kier alpha value is -3.16. The van der Waals surface area contributed by atoms with Crippen LogP contribution in [0.25, 0.3) is 0 Å². The van der Waals surface area contributed by atoms with Gasteiger partial charge in [-0.15, -0.1) is 0 Å². The number of nitrogens with one attached hydrogen (secondary N) is 2. The number of ether oxygens (including phenoxy) is 1. The third kappa shape index (κ3) is 8.93. The van der Waals surface area contributed by atoms with Gasteiger partial charge < -0.3 is 20.3 Å². The van der Waals surface area contributed by atoms with Crippen LogP contribution in [0.3, 0.4) is 0 Å². The summed E-state index contributed by atoms with van der Waals surface area (Å²) >= 11 is 6.13.